The van der Waals surface area contributed by atoms with Crippen LogP contribution in [-0.2, 0) is 0 Å². The van der Waals surface area contributed by atoms with Gasteiger partial charge in [-0.2, -0.15) is 0 Å². The highest BCUT2D eigenvalue weighted by Gasteiger charge is 2.19. The number of hydrogen-bond donors (Lipinski definition) is 1. The lowest BCUT2D eigenvalue weighted by atomic mass is 10.0. The van der Waals surface area contributed by atoms with Gasteiger partial charge in [0.2, 0.25) is 0 Å². The Balaban J connectivity index is 2.01. The summed E-state index contributed by atoms with van der Waals surface area (Å²) in [6.45, 7) is 1.90. The molecule has 1 aliphatic heterocycles. The van der Waals surface area contributed by atoms with Crippen LogP contribution in [0.1, 0.15) is 19.3 Å². The summed E-state index contributed by atoms with van der Waals surface area (Å²) in [5.41, 5.74) is 0.624. The molecule has 0 amide bonds. The highest BCUT2D eigenvalue weighted by Crippen LogP contribution is 2.31. The maximum Gasteiger partial charge on any atom is 0.126 e. The van der Waals surface area contributed by atoms with E-state index in [0.717, 1.165) is 13.1 Å². The number of piperidine rings is 1. The minimum Gasteiger partial charge on any atom is -0.381 e. The van der Waals surface area contributed by atoms with E-state index in [-0.39, 0.29) is 0 Å². The van der Waals surface area contributed by atoms with Crippen molar-refractivity contribution in [2.45, 2.75) is 25.3 Å². The maximum absolute atomic E-state index is 13.1. The van der Waals surface area contributed by atoms with Crippen molar-refractivity contribution in [2.75, 3.05) is 25.5 Å². The summed E-state index contributed by atoms with van der Waals surface area (Å²) >= 11 is 12.0. The first kappa shape index (κ1) is 13.9. The molecule has 1 aromatic rings. The van der Waals surface area contributed by atoms with Gasteiger partial charge in [0, 0.05) is 12.6 Å². The number of halogens is 3. The lowest BCUT2D eigenvalue weighted by Crippen LogP contribution is -2.40. The summed E-state index contributed by atoms with van der Waals surface area (Å²) in [7, 11) is 2.12. The van der Waals surface area contributed by atoms with Crippen molar-refractivity contribution in [1.82, 2.24) is 4.90 Å². The fourth-order valence-corrected chi connectivity index (χ4v) is 2.93. The SMILES string of the molecule is CN1CCCCC1CNc1c(Cl)cc(F)cc1Cl. The molecule has 2 rings (SSSR count). The van der Waals surface area contributed by atoms with Crippen LogP contribution in [0.25, 0.3) is 0 Å². The number of hydrogen-bond acceptors (Lipinski definition) is 2. The van der Waals surface area contributed by atoms with E-state index in [0.29, 0.717) is 21.8 Å². The Morgan fingerprint density at radius 3 is 2.61 bits per heavy atom. The first-order chi connectivity index (χ1) is 8.58. The average Bonchev–Trinajstić information content (AvgIpc) is 2.30. The lowest BCUT2D eigenvalue weighted by molar-refractivity contribution is 0.194. The molecule has 1 aliphatic rings. The second-order valence-corrected chi connectivity index (χ2v) is 5.57. The van der Waals surface area contributed by atoms with Crippen molar-refractivity contribution in [3.63, 3.8) is 0 Å². The molecule has 0 radical (unpaired) electrons. The Hall–Kier alpha value is -0.510. The summed E-state index contributed by atoms with van der Waals surface area (Å²) in [6, 6.07) is 3.04. The summed E-state index contributed by atoms with van der Waals surface area (Å²) in [6.07, 6.45) is 3.67. The minimum absolute atomic E-state index is 0.332. The van der Waals surface area contributed by atoms with Gasteiger partial charge in [0.15, 0.2) is 0 Å². The van der Waals surface area contributed by atoms with E-state index in [2.05, 4.69) is 17.3 Å². The highest BCUT2D eigenvalue weighted by molar-refractivity contribution is 6.39. The number of nitrogens with zero attached hydrogens (tertiary/aromatic N) is 1. The molecule has 1 N–H and O–H groups in total. The quantitative estimate of drug-likeness (QED) is 0.904. The zero-order valence-corrected chi connectivity index (χ0v) is 11.9. The molecular formula is C13H17Cl2FN2. The van der Waals surface area contributed by atoms with Gasteiger partial charge < -0.3 is 10.2 Å². The van der Waals surface area contributed by atoms with Crippen molar-refractivity contribution < 1.29 is 4.39 Å². The molecular weight excluding hydrogens is 274 g/mol. The summed E-state index contributed by atoms with van der Waals surface area (Å²) in [5, 5.41) is 3.90. The van der Waals surface area contributed by atoms with Crippen molar-refractivity contribution in [3.8, 4) is 0 Å². The van der Waals surface area contributed by atoms with Gasteiger partial charge >= 0.3 is 0 Å². The molecule has 1 unspecified atom stereocenters. The van der Waals surface area contributed by atoms with Crippen molar-refractivity contribution in [2.24, 2.45) is 0 Å². The molecule has 100 valence electrons. The first-order valence-electron chi connectivity index (χ1n) is 6.16. The smallest absolute Gasteiger partial charge is 0.126 e. The fraction of sp³-hybridized carbons (Fsp3) is 0.538. The van der Waals surface area contributed by atoms with Gasteiger partial charge in [-0.1, -0.05) is 29.6 Å². The number of benzene rings is 1. The van der Waals surface area contributed by atoms with Crippen molar-refractivity contribution in [3.05, 3.63) is 28.0 Å². The van der Waals surface area contributed by atoms with E-state index >= 15 is 0 Å². The highest BCUT2D eigenvalue weighted by atomic mass is 35.5. The van der Waals surface area contributed by atoms with E-state index < -0.39 is 5.82 Å². The summed E-state index contributed by atoms with van der Waals surface area (Å²) in [4.78, 5) is 2.34. The monoisotopic (exact) mass is 290 g/mol. The molecule has 1 aromatic carbocycles. The van der Waals surface area contributed by atoms with E-state index in [4.69, 9.17) is 23.2 Å². The van der Waals surface area contributed by atoms with Gasteiger partial charge in [-0.3, -0.25) is 0 Å². The minimum atomic E-state index is -0.412. The standard InChI is InChI=1S/C13H17Cl2FN2/c1-18-5-3-2-4-10(18)8-17-13-11(14)6-9(16)7-12(13)15/h6-7,10,17H,2-5,8H2,1H3. The Kier molecular flexibility index (Phi) is 4.71. The Morgan fingerprint density at radius 2 is 2.00 bits per heavy atom. The lowest BCUT2D eigenvalue weighted by Gasteiger charge is -2.32. The molecule has 18 heavy (non-hydrogen) atoms. The second-order valence-electron chi connectivity index (χ2n) is 4.76. The van der Waals surface area contributed by atoms with Gasteiger partial charge in [0.05, 0.1) is 15.7 Å². The average molecular weight is 291 g/mol. The number of rotatable bonds is 3. The molecule has 0 spiro atoms. The Bertz CT molecular complexity index is 402. The van der Waals surface area contributed by atoms with Crippen LogP contribution in [0.3, 0.4) is 0 Å². The van der Waals surface area contributed by atoms with Crippen LogP contribution in [-0.4, -0.2) is 31.1 Å². The van der Waals surface area contributed by atoms with Gasteiger partial charge in [-0.05, 0) is 38.6 Å². The number of anilines is 1. The molecule has 1 heterocycles. The molecule has 1 atom stereocenters. The number of likely N-dealkylation sites (N-methyl/N-ethyl adjacent to an activating group) is 1. The molecule has 1 fully saturated rings. The van der Waals surface area contributed by atoms with E-state index in [1.165, 1.54) is 31.4 Å². The predicted molar refractivity (Wildman–Crippen MR) is 75.2 cm³/mol. The molecule has 0 bridgehead atoms. The van der Waals surface area contributed by atoms with E-state index in [9.17, 15) is 4.39 Å². The van der Waals surface area contributed by atoms with Gasteiger partial charge in [0.25, 0.3) is 0 Å². The normalized spacial score (nSPS) is 21.0. The fourth-order valence-electron chi connectivity index (χ4n) is 2.33. The maximum atomic E-state index is 13.1. The summed E-state index contributed by atoms with van der Waals surface area (Å²) in [5.74, 6) is -0.412. The van der Waals surface area contributed by atoms with Crippen LogP contribution in [0.15, 0.2) is 12.1 Å². The number of nitrogens with one attached hydrogen (secondary N) is 1. The third-order valence-corrected chi connectivity index (χ3v) is 4.04. The van der Waals surface area contributed by atoms with Crippen LogP contribution in [0.2, 0.25) is 10.0 Å². The molecule has 5 heteroatoms. The third kappa shape index (κ3) is 3.28. The van der Waals surface area contributed by atoms with Crippen molar-refractivity contribution in [1.29, 1.82) is 0 Å². The van der Waals surface area contributed by atoms with Crippen LogP contribution in [0, 0.1) is 5.82 Å². The van der Waals surface area contributed by atoms with Gasteiger partial charge in [0.1, 0.15) is 5.82 Å². The van der Waals surface area contributed by atoms with Crippen LogP contribution >= 0.6 is 23.2 Å². The third-order valence-electron chi connectivity index (χ3n) is 3.44. The second kappa shape index (κ2) is 6.09. The van der Waals surface area contributed by atoms with Crippen molar-refractivity contribution >= 4 is 28.9 Å². The van der Waals surface area contributed by atoms with Crippen LogP contribution in [0.4, 0.5) is 10.1 Å². The topological polar surface area (TPSA) is 15.3 Å². The van der Waals surface area contributed by atoms with Gasteiger partial charge in [-0.25, -0.2) is 4.39 Å². The van der Waals surface area contributed by atoms with Gasteiger partial charge in [-0.15, -0.1) is 0 Å². The Labute approximate surface area is 117 Å². The zero-order chi connectivity index (χ0) is 13.1. The van der Waals surface area contributed by atoms with Crippen LogP contribution < -0.4 is 5.32 Å². The zero-order valence-electron chi connectivity index (χ0n) is 10.3. The molecule has 0 aliphatic carbocycles. The molecule has 0 aromatic heterocycles. The number of likely N-dealkylation sites (tertiary alicyclic amines) is 1. The van der Waals surface area contributed by atoms with E-state index in [1.54, 1.807) is 0 Å². The summed E-state index contributed by atoms with van der Waals surface area (Å²) < 4.78 is 13.1. The largest absolute Gasteiger partial charge is 0.381 e. The Morgan fingerprint density at radius 1 is 1.33 bits per heavy atom. The van der Waals surface area contributed by atoms with E-state index in [1.807, 2.05) is 0 Å². The first-order valence-corrected chi connectivity index (χ1v) is 6.92. The molecule has 1 saturated heterocycles. The predicted octanol–water partition coefficient (Wildman–Crippen LogP) is 4.03. The van der Waals surface area contributed by atoms with Crippen LogP contribution in [0.5, 0.6) is 0 Å². The molecule has 2 nitrogen and oxygen atoms in total. The molecule has 0 saturated carbocycles.